The minimum Gasteiger partial charge on any atom is -0.374 e. The van der Waals surface area contributed by atoms with E-state index in [-0.39, 0.29) is 11.6 Å². The Morgan fingerprint density at radius 1 is 1.10 bits per heavy atom. The van der Waals surface area contributed by atoms with Crippen LogP contribution in [0.15, 0.2) is 42.5 Å². The Labute approximate surface area is 124 Å². The van der Waals surface area contributed by atoms with Crippen LogP contribution in [0.1, 0.15) is 18.1 Å². The van der Waals surface area contributed by atoms with E-state index in [1.54, 1.807) is 19.1 Å². The lowest BCUT2D eigenvalue weighted by molar-refractivity contribution is -0.116. The second-order valence-electron chi connectivity index (χ2n) is 5.21. The Morgan fingerprint density at radius 3 is 2.33 bits per heavy atom. The number of rotatable bonds is 4. The van der Waals surface area contributed by atoms with Crippen LogP contribution in [0.25, 0.3) is 0 Å². The van der Waals surface area contributed by atoms with E-state index in [0.29, 0.717) is 0 Å². The largest absolute Gasteiger partial charge is 0.374 e. The van der Waals surface area contributed by atoms with Gasteiger partial charge >= 0.3 is 0 Å². The van der Waals surface area contributed by atoms with Crippen molar-refractivity contribution in [3.63, 3.8) is 0 Å². The van der Waals surface area contributed by atoms with Gasteiger partial charge in [0.05, 0.1) is 5.69 Å². The van der Waals surface area contributed by atoms with Gasteiger partial charge in [0.1, 0.15) is 11.9 Å². The van der Waals surface area contributed by atoms with Gasteiger partial charge in [-0.1, -0.05) is 18.2 Å². The summed E-state index contributed by atoms with van der Waals surface area (Å²) < 4.78 is 13.5. The Hall–Kier alpha value is -2.36. The molecule has 0 aromatic heterocycles. The minimum atomic E-state index is -0.467. The molecular weight excluding hydrogens is 267 g/mol. The molecule has 1 unspecified atom stereocenters. The highest BCUT2D eigenvalue weighted by molar-refractivity contribution is 5.96. The summed E-state index contributed by atoms with van der Waals surface area (Å²) in [7, 11) is 0. The number of amides is 1. The fraction of sp³-hybridized carbons (Fsp3) is 0.235. The molecule has 2 aromatic rings. The van der Waals surface area contributed by atoms with Crippen molar-refractivity contribution < 1.29 is 9.18 Å². The fourth-order valence-corrected chi connectivity index (χ4v) is 2.18. The van der Waals surface area contributed by atoms with Crippen LogP contribution in [-0.2, 0) is 4.79 Å². The number of carbonyl (C=O) groups is 1. The van der Waals surface area contributed by atoms with E-state index in [4.69, 9.17) is 0 Å². The average molecular weight is 286 g/mol. The topological polar surface area (TPSA) is 41.1 Å². The summed E-state index contributed by atoms with van der Waals surface area (Å²) in [5, 5.41) is 5.71. The molecule has 1 atom stereocenters. The Morgan fingerprint density at radius 2 is 1.71 bits per heavy atom. The van der Waals surface area contributed by atoms with E-state index >= 15 is 0 Å². The van der Waals surface area contributed by atoms with Crippen LogP contribution >= 0.6 is 0 Å². The second kappa shape index (κ2) is 6.39. The number of para-hydroxylation sites is 1. The summed E-state index contributed by atoms with van der Waals surface area (Å²) in [4.78, 5) is 12.1. The third-order valence-corrected chi connectivity index (χ3v) is 3.13. The van der Waals surface area contributed by atoms with Gasteiger partial charge in [-0.25, -0.2) is 4.39 Å². The van der Waals surface area contributed by atoms with Crippen molar-refractivity contribution >= 4 is 17.3 Å². The quantitative estimate of drug-likeness (QED) is 0.895. The molecule has 0 heterocycles. The van der Waals surface area contributed by atoms with Crippen molar-refractivity contribution in [2.75, 3.05) is 10.6 Å². The van der Waals surface area contributed by atoms with Crippen LogP contribution < -0.4 is 10.6 Å². The monoisotopic (exact) mass is 286 g/mol. The molecule has 21 heavy (non-hydrogen) atoms. The molecule has 0 radical (unpaired) electrons. The van der Waals surface area contributed by atoms with Gasteiger partial charge in [0.2, 0.25) is 5.91 Å². The Kier molecular flexibility index (Phi) is 4.58. The lowest BCUT2D eigenvalue weighted by Crippen LogP contribution is -2.32. The number of carbonyl (C=O) groups excluding carboxylic acids is 1. The number of aryl methyl sites for hydroxylation is 2. The number of benzene rings is 2. The molecule has 0 fully saturated rings. The van der Waals surface area contributed by atoms with Crippen LogP contribution in [-0.4, -0.2) is 11.9 Å². The zero-order valence-electron chi connectivity index (χ0n) is 12.4. The highest BCUT2D eigenvalue weighted by atomic mass is 19.1. The van der Waals surface area contributed by atoms with Gasteiger partial charge in [-0.3, -0.25) is 4.79 Å². The van der Waals surface area contributed by atoms with Crippen LogP contribution in [0, 0.1) is 19.7 Å². The molecule has 0 aliphatic carbocycles. The van der Waals surface area contributed by atoms with Crippen molar-refractivity contribution in [2.24, 2.45) is 0 Å². The maximum absolute atomic E-state index is 13.5. The highest BCUT2D eigenvalue weighted by Gasteiger charge is 2.14. The van der Waals surface area contributed by atoms with Crippen molar-refractivity contribution in [1.82, 2.24) is 0 Å². The molecule has 0 saturated heterocycles. The number of hydrogen-bond donors (Lipinski definition) is 2. The molecule has 110 valence electrons. The number of hydrogen-bond acceptors (Lipinski definition) is 2. The average Bonchev–Trinajstić information content (AvgIpc) is 2.40. The van der Waals surface area contributed by atoms with Crippen LogP contribution in [0.2, 0.25) is 0 Å². The van der Waals surface area contributed by atoms with Crippen molar-refractivity contribution in [2.45, 2.75) is 26.8 Å². The summed E-state index contributed by atoms with van der Waals surface area (Å²) >= 11 is 0. The van der Waals surface area contributed by atoms with Crippen molar-refractivity contribution in [1.29, 1.82) is 0 Å². The minimum absolute atomic E-state index is 0.191. The first-order chi connectivity index (χ1) is 9.95. The summed E-state index contributed by atoms with van der Waals surface area (Å²) in [5.41, 5.74) is 3.32. The zero-order chi connectivity index (χ0) is 15.4. The molecule has 0 spiro atoms. The molecule has 2 rings (SSSR count). The van der Waals surface area contributed by atoms with E-state index in [2.05, 4.69) is 16.7 Å². The first kappa shape index (κ1) is 15.0. The summed E-state index contributed by atoms with van der Waals surface area (Å²) in [5.74, 6) is -0.719. The molecule has 0 bridgehead atoms. The third-order valence-electron chi connectivity index (χ3n) is 3.13. The lowest BCUT2D eigenvalue weighted by Gasteiger charge is -2.16. The van der Waals surface area contributed by atoms with Crippen molar-refractivity contribution in [3.05, 3.63) is 59.4 Å². The molecule has 0 saturated carbocycles. The first-order valence-electron chi connectivity index (χ1n) is 6.86. The molecule has 3 nitrogen and oxygen atoms in total. The van der Waals surface area contributed by atoms with Gasteiger partial charge in [0.15, 0.2) is 0 Å². The Balaban J connectivity index is 2.04. The normalized spacial score (nSPS) is 11.8. The summed E-state index contributed by atoms with van der Waals surface area (Å²) in [6.07, 6.45) is 0. The van der Waals surface area contributed by atoms with Gasteiger partial charge in [-0.05, 0) is 56.2 Å². The van der Waals surface area contributed by atoms with Gasteiger partial charge in [-0.15, -0.1) is 0 Å². The molecule has 2 aromatic carbocycles. The predicted molar refractivity (Wildman–Crippen MR) is 84.0 cm³/mol. The number of anilines is 2. The summed E-state index contributed by atoms with van der Waals surface area (Å²) in [6, 6.07) is 11.7. The fourth-order valence-electron chi connectivity index (χ4n) is 2.18. The van der Waals surface area contributed by atoms with Crippen LogP contribution in [0.5, 0.6) is 0 Å². The van der Waals surface area contributed by atoms with Crippen molar-refractivity contribution in [3.8, 4) is 0 Å². The predicted octanol–water partition coefficient (Wildman–Crippen LogP) is 3.88. The first-order valence-corrected chi connectivity index (χ1v) is 6.86. The van der Waals surface area contributed by atoms with Gasteiger partial charge in [-0.2, -0.15) is 0 Å². The maximum Gasteiger partial charge on any atom is 0.246 e. The molecule has 0 aliphatic rings. The number of halogens is 1. The van der Waals surface area contributed by atoms with E-state index in [0.717, 1.165) is 16.8 Å². The molecule has 0 aliphatic heterocycles. The highest BCUT2D eigenvalue weighted by Crippen LogP contribution is 2.16. The molecule has 1 amide bonds. The van der Waals surface area contributed by atoms with E-state index in [9.17, 15) is 9.18 Å². The molecule has 2 N–H and O–H groups in total. The van der Waals surface area contributed by atoms with Gasteiger partial charge in [0, 0.05) is 5.69 Å². The smallest absolute Gasteiger partial charge is 0.246 e. The standard InChI is InChI=1S/C17H19FN2O/c1-11-8-12(2)10-14(9-11)19-13(3)17(21)20-16-7-5-4-6-15(16)18/h4-10,13,19H,1-3H3,(H,20,21). The van der Waals surface area contributed by atoms with Gasteiger partial charge in [0.25, 0.3) is 0 Å². The molecule has 4 heteroatoms. The van der Waals surface area contributed by atoms with E-state index in [1.165, 1.54) is 12.1 Å². The Bertz CT molecular complexity index is 635. The van der Waals surface area contributed by atoms with Crippen LogP contribution in [0.3, 0.4) is 0 Å². The third kappa shape index (κ3) is 4.05. The zero-order valence-corrected chi connectivity index (χ0v) is 12.4. The summed E-state index contributed by atoms with van der Waals surface area (Å²) in [6.45, 7) is 5.75. The van der Waals surface area contributed by atoms with E-state index < -0.39 is 11.9 Å². The maximum atomic E-state index is 13.5. The molecular formula is C17H19FN2O. The van der Waals surface area contributed by atoms with E-state index in [1.807, 2.05) is 26.0 Å². The second-order valence-corrected chi connectivity index (χ2v) is 5.21. The SMILES string of the molecule is Cc1cc(C)cc(NC(C)C(=O)Nc2ccccc2F)c1. The number of nitrogens with one attached hydrogen (secondary N) is 2. The van der Waals surface area contributed by atoms with Gasteiger partial charge < -0.3 is 10.6 Å². The lowest BCUT2D eigenvalue weighted by atomic mass is 10.1. The van der Waals surface area contributed by atoms with Crippen LogP contribution in [0.4, 0.5) is 15.8 Å².